The summed E-state index contributed by atoms with van der Waals surface area (Å²) in [6.07, 6.45) is 3.21. The molecule has 0 saturated carbocycles. The van der Waals surface area contributed by atoms with E-state index in [9.17, 15) is 9.59 Å². The molecule has 7 heteroatoms. The Balaban J connectivity index is 1.60. The Morgan fingerprint density at radius 1 is 1.03 bits per heavy atom. The Kier molecular flexibility index (Phi) is 8.00. The maximum Gasteiger partial charge on any atom is 0.257 e. The number of hydrogen-bond donors (Lipinski definition) is 2. The van der Waals surface area contributed by atoms with E-state index in [1.807, 2.05) is 17.0 Å². The molecule has 0 bridgehead atoms. The molecule has 3 rings (SSSR count). The van der Waals surface area contributed by atoms with Crippen LogP contribution >= 0.6 is 12.2 Å². The largest absolute Gasteiger partial charge is 0.493 e. The van der Waals surface area contributed by atoms with E-state index < -0.39 is 0 Å². The summed E-state index contributed by atoms with van der Waals surface area (Å²) in [5.74, 6) is 0.800. The van der Waals surface area contributed by atoms with Crippen molar-refractivity contribution in [2.75, 3.05) is 25.0 Å². The average Bonchev–Trinajstić information content (AvgIpc) is 2.78. The van der Waals surface area contributed by atoms with E-state index in [-0.39, 0.29) is 16.9 Å². The molecule has 0 atom stereocenters. The Bertz CT molecular complexity index is 922. The molecular weight excluding hydrogens is 410 g/mol. The van der Waals surface area contributed by atoms with Gasteiger partial charge in [0.05, 0.1) is 17.9 Å². The number of nitrogens with one attached hydrogen (secondary N) is 2. The highest BCUT2D eigenvalue weighted by Gasteiger charge is 2.21. The highest BCUT2D eigenvalue weighted by Crippen LogP contribution is 2.20. The van der Waals surface area contributed by atoms with Gasteiger partial charge in [-0.15, -0.1) is 0 Å². The fraction of sp³-hybridized carbons (Fsp3) is 0.375. The number of anilines is 1. The topological polar surface area (TPSA) is 70.7 Å². The summed E-state index contributed by atoms with van der Waals surface area (Å²) >= 11 is 5.32. The van der Waals surface area contributed by atoms with Crippen LogP contribution in [0.4, 0.5) is 5.69 Å². The van der Waals surface area contributed by atoms with Crippen molar-refractivity contribution in [3.05, 3.63) is 59.7 Å². The number of likely N-dealkylation sites (tertiary alicyclic amines) is 1. The maximum atomic E-state index is 12.9. The molecular formula is C24H29N3O3S. The molecule has 1 saturated heterocycles. The number of hydrogen-bond acceptors (Lipinski definition) is 4. The van der Waals surface area contributed by atoms with Crippen molar-refractivity contribution in [1.29, 1.82) is 0 Å². The molecule has 1 aliphatic rings. The third kappa shape index (κ3) is 6.52. The highest BCUT2D eigenvalue weighted by molar-refractivity contribution is 7.80. The van der Waals surface area contributed by atoms with E-state index in [1.54, 1.807) is 36.4 Å². The molecule has 2 amide bonds. The monoisotopic (exact) mass is 439 g/mol. The van der Waals surface area contributed by atoms with Crippen LogP contribution in [0.25, 0.3) is 0 Å². The summed E-state index contributed by atoms with van der Waals surface area (Å²) in [5.41, 5.74) is 1.60. The van der Waals surface area contributed by atoms with Gasteiger partial charge in [0.1, 0.15) is 5.75 Å². The first-order valence-electron chi connectivity index (χ1n) is 10.7. The second-order valence-corrected chi connectivity index (χ2v) is 8.44. The third-order valence-corrected chi connectivity index (χ3v) is 5.18. The maximum absolute atomic E-state index is 12.9. The number of ether oxygens (including phenoxy) is 1. The minimum absolute atomic E-state index is 0.0195. The number of carbonyl (C=O) groups excluding carboxylic acids is 2. The number of benzene rings is 2. The second-order valence-electron chi connectivity index (χ2n) is 8.04. The molecule has 6 nitrogen and oxygen atoms in total. The van der Waals surface area contributed by atoms with Crippen LogP contribution in [0.5, 0.6) is 5.75 Å². The SMILES string of the molecule is CC(C)COc1ccc(C(=O)NC(=S)Nc2ccccc2C(=O)N2CCCCC2)cc1. The molecule has 31 heavy (non-hydrogen) atoms. The second kappa shape index (κ2) is 10.9. The van der Waals surface area contributed by atoms with Gasteiger partial charge in [-0.1, -0.05) is 26.0 Å². The quantitative estimate of drug-likeness (QED) is 0.650. The molecule has 0 spiro atoms. The first kappa shape index (κ1) is 22.7. The Hall–Kier alpha value is -2.93. The van der Waals surface area contributed by atoms with Gasteiger partial charge in [0.15, 0.2) is 5.11 Å². The van der Waals surface area contributed by atoms with Gasteiger partial charge in [0, 0.05) is 18.7 Å². The van der Waals surface area contributed by atoms with Crippen LogP contribution in [0, 0.1) is 5.92 Å². The minimum Gasteiger partial charge on any atom is -0.493 e. The average molecular weight is 440 g/mol. The summed E-state index contributed by atoms with van der Waals surface area (Å²) in [6, 6.07) is 14.1. The zero-order valence-electron chi connectivity index (χ0n) is 18.0. The van der Waals surface area contributed by atoms with Gasteiger partial charge in [-0.2, -0.15) is 0 Å². The van der Waals surface area contributed by atoms with Crippen molar-refractivity contribution >= 4 is 34.8 Å². The van der Waals surface area contributed by atoms with Crippen molar-refractivity contribution in [2.45, 2.75) is 33.1 Å². The predicted molar refractivity (Wildman–Crippen MR) is 127 cm³/mol. The van der Waals surface area contributed by atoms with Crippen LogP contribution in [-0.2, 0) is 0 Å². The van der Waals surface area contributed by atoms with Crippen LogP contribution in [-0.4, -0.2) is 41.5 Å². The molecule has 2 aromatic carbocycles. The van der Waals surface area contributed by atoms with Crippen molar-refractivity contribution in [3.63, 3.8) is 0 Å². The van der Waals surface area contributed by atoms with E-state index >= 15 is 0 Å². The fourth-order valence-electron chi connectivity index (χ4n) is 3.34. The molecule has 0 aliphatic carbocycles. The summed E-state index contributed by atoms with van der Waals surface area (Å²) in [6.45, 7) is 6.31. The van der Waals surface area contributed by atoms with E-state index in [1.165, 1.54) is 0 Å². The van der Waals surface area contributed by atoms with E-state index in [0.717, 1.165) is 38.1 Å². The van der Waals surface area contributed by atoms with Gasteiger partial charge in [-0.05, 0) is 73.8 Å². The lowest BCUT2D eigenvalue weighted by Gasteiger charge is -2.27. The molecule has 0 unspecified atom stereocenters. The van der Waals surface area contributed by atoms with Gasteiger partial charge in [0.25, 0.3) is 11.8 Å². The Morgan fingerprint density at radius 3 is 2.39 bits per heavy atom. The molecule has 2 N–H and O–H groups in total. The van der Waals surface area contributed by atoms with E-state index in [2.05, 4.69) is 24.5 Å². The van der Waals surface area contributed by atoms with Crippen LogP contribution in [0.1, 0.15) is 53.8 Å². The molecule has 0 aromatic heterocycles. The molecule has 1 heterocycles. The lowest BCUT2D eigenvalue weighted by atomic mass is 10.1. The van der Waals surface area contributed by atoms with Gasteiger partial charge in [-0.3, -0.25) is 14.9 Å². The zero-order valence-corrected chi connectivity index (χ0v) is 18.8. The number of rotatable bonds is 6. The van der Waals surface area contributed by atoms with Crippen LogP contribution in [0.2, 0.25) is 0 Å². The van der Waals surface area contributed by atoms with Gasteiger partial charge in [-0.25, -0.2) is 0 Å². The summed E-state index contributed by atoms with van der Waals surface area (Å²) < 4.78 is 5.64. The lowest BCUT2D eigenvalue weighted by Crippen LogP contribution is -2.37. The van der Waals surface area contributed by atoms with E-state index in [0.29, 0.717) is 29.3 Å². The number of piperidine rings is 1. The van der Waals surface area contributed by atoms with Crippen molar-refractivity contribution in [3.8, 4) is 5.75 Å². The standard InChI is InChI=1S/C24H29N3O3S/c1-17(2)16-30-19-12-10-18(11-13-19)22(28)26-24(31)25-21-9-5-4-8-20(21)23(29)27-14-6-3-7-15-27/h4-5,8-13,17H,3,6-7,14-16H2,1-2H3,(H2,25,26,28,31). The fourth-order valence-corrected chi connectivity index (χ4v) is 3.54. The van der Waals surface area contributed by atoms with Gasteiger partial charge >= 0.3 is 0 Å². The van der Waals surface area contributed by atoms with Crippen LogP contribution in [0.3, 0.4) is 0 Å². The lowest BCUT2D eigenvalue weighted by molar-refractivity contribution is 0.0725. The number of thiocarbonyl (C=S) groups is 1. The normalized spacial score (nSPS) is 13.6. The Morgan fingerprint density at radius 2 is 1.71 bits per heavy atom. The molecule has 0 radical (unpaired) electrons. The Labute approximate surface area is 189 Å². The molecule has 1 aliphatic heterocycles. The molecule has 164 valence electrons. The number of nitrogens with zero attached hydrogens (tertiary/aromatic N) is 1. The molecule has 1 fully saturated rings. The number of carbonyl (C=O) groups is 2. The summed E-state index contributed by atoms with van der Waals surface area (Å²) in [7, 11) is 0. The summed E-state index contributed by atoms with van der Waals surface area (Å²) in [4.78, 5) is 27.3. The smallest absolute Gasteiger partial charge is 0.257 e. The predicted octanol–water partition coefficient (Wildman–Crippen LogP) is 4.47. The van der Waals surface area contributed by atoms with Gasteiger partial charge < -0.3 is 15.0 Å². The van der Waals surface area contributed by atoms with Crippen LogP contribution in [0.15, 0.2) is 48.5 Å². The minimum atomic E-state index is -0.326. The molecule has 2 aromatic rings. The number of para-hydroxylation sites is 1. The van der Waals surface area contributed by atoms with Gasteiger partial charge in [0.2, 0.25) is 0 Å². The van der Waals surface area contributed by atoms with Crippen molar-refractivity contribution in [2.24, 2.45) is 5.92 Å². The van der Waals surface area contributed by atoms with E-state index in [4.69, 9.17) is 17.0 Å². The first-order valence-corrected chi connectivity index (χ1v) is 11.1. The first-order chi connectivity index (χ1) is 14.9. The van der Waals surface area contributed by atoms with Crippen LogP contribution < -0.4 is 15.4 Å². The van der Waals surface area contributed by atoms with Crippen molar-refractivity contribution in [1.82, 2.24) is 10.2 Å². The highest BCUT2D eigenvalue weighted by atomic mass is 32.1. The zero-order chi connectivity index (χ0) is 22.2. The number of amides is 2. The summed E-state index contributed by atoms with van der Waals surface area (Å²) in [5, 5.41) is 5.82. The third-order valence-electron chi connectivity index (χ3n) is 4.98. The van der Waals surface area contributed by atoms with Crippen molar-refractivity contribution < 1.29 is 14.3 Å².